The van der Waals surface area contributed by atoms with E-state index in [1.807, 2.05) is 29.0 Å². The molecule has 0 aliphatic rings. The minimum absolute atomic E-state index is 0.231. The fourth-order valence-corrected chi connectivity index (χ4v) is 3.06. The lowest BCUT2D eigenvalue weighted by Crippen LogP contribution is -2.25. The molecule has 1 amide bonds. The molecule has 23 heavy (non-hydrogen) atoms. The predicted octanol–water partition coefficient (Wildman–Crippen LogP) is 3.36. The van der Waals surface area contributed by atoms with Gasteiger partial charge in [-0.05, 0) is 40.9 Å². The van der Waals surface area contributed by atoms with Crippen molar-refractivity contribution >= 4 is 28.2 Å². The summed E-state index contributed by atoms with van der Waals surface area (Å²) in [6.07, 6.45) is -0.122. The fraction of sp³-hybridized carbons (Fsp3) is 0.235. The van der Waals surface area contributed by atoms with Crippen molar-refractivity contribution in [2.75, 3.05) is 13.7 Å². The molecule has 0 saturated carbocycles. The summed E-state index contributed by atoms with van der Waals surface area (Å²) in [6, 6.07) is 9.05. The van der Waals surface area contributed by atoms with Crippen molar-refractivity contribution in [3.05, 3.63) is 52.4 Å². The molecule has 0 fully saturated rings. The highest BCUT2D eigenvalue weighted by Gasteiger charge is 2.15. The van der Waals surface area contributed by atoms with Gasteiger partial charge in [0.2, 0.25) is 0 Å². The second-order valence-electron chi connectivity index (χ2n) is 5.11. The number of carbonyl (C=O) groups excluding carboxylic acids is 1. The molecule has 0 spiro atoms. The molecule has 120 valence electrons. The molecule has 0 bridgehead atoms. The molecule has 2 heterocycles. The number of carbonyl (C=O) groups is 1. The zero-order chi connectivity index (χ0) is 16.2. The van der Waals surface area contributed by atoms with Crippen molar-refractivity contribution in [1.82, 2.24) is 5.32 Å². The van der Waals surface area contributed by atoms with Gasteiger partial charge in [0, 0.05) is 11.9 Å². The van der Waals surface area contributed by atoms with E-state index in [9.17, 15) is 9.90 Å². The van der Waals surface area contributed by atoms with Gasteiger partial charge in [-0.3, -0.25) is 4.79 Å². The van der Waals surface area contributed by atoms with Crippen LogP contribution < -0.4 is 10.1 Å². The van der Waals surface area contributed by atoms with Crippen LogP contribution in [0.5, 0.6) is 5.75 Å². The first-order valence-electron chi connectivity index (χ1n) is 7.24. The van der Waals surface area contributed by atoms with Crippen LogP contribution in [0, 0.1) is 0 Å². The number of amides is 1. The molecule has 0 radical (unpaired) electrons. The SMILES string of the molecule is COc1cccc2cc(C(=O)NCCC(O)c3ccsc3)oc12. The fourth-order valence-electron chi connectivity index (χ4n) is 2.35. The summed E-state index contributed by atoms with van der Waals surface area (Å²) < 4.78 is 10.8. The average Bonchev–Trinajstić information content (AvgIpc) is 3.23. The first kappa shape index (κ1) is 15.6. The number of para-hydroxylation sites is 1. The lowest BCUT2D eigenvalue weighted by molar-refractivity contribution is 0.0917. The maximum absolute atomic E-state index is 12.2. The molecule has 0 aliphatic carbocycles. The highest BCUT2D eigenvalue weighted by Crippen LogP contribution is 2.28. The molecule has 1 atom stereocenters. The number of aliphatic hydroxyl groups is 1. The minimum Gasteiger partial charge on any atom is -0.493 e. The van der Waals surface area contributed by atoms with Crippen LogP contribution >= 0.6 is 11.3 Å². The normalized spacial score (nSPS) is 12.3. The summed E-state index contributed by atoms with van der Waals surface area (Å²) in [6.45, 7) is 0.365. The van der Waals surface area contributed by atoms with E-state index in [4.69, 9.17) is 9.15 Å². The van der Waals surface area contributed by atoms with Crippen molar-refractivity contribution in [2.24, 2.45) is 0 Å². The summed E-state index contributed by atoms with van der Waals surface area (Å²) in [5.41, 5.74) is 1.43. The molecule has 3 aromatic rings. The number of hydrogen-bond acceptors (Lipinski definition) is 5. The molecule has 2 aromatic heterocycles. The Hall–Kier alpha value is -2.31. The third kappa shape index (κ3) is 3.38. The number of furan rings is 1. The van der Waals surface area contributed by atoms with Crippen LogP contribution in [-0.4, -0.2) is 24.7 Å². The Morgan fingerprint density at radius 1 is 1.43 bits per heavy atom. The maximum atomic E-state index is 12.2. The summed E-state index contributed by atoms with van der Waals surface area (Å²) >= 11 is 1.54. The van der Waals surface area contributed by atoms with Gasteiger partial charge in [0.1, 0.15) is 0 Å². The van der Waals surface area contributed by atoms with Crippen LogP contribution in [0.1, 0.15) is 28.6 Å². The third-order valence-corrected chi connectivity index (χ3v) is 4.28. The number of methoxy groups -OCH3 is 1. The second-order valence-corrected chi connectivity index (χ2v) is 5.89. The van der Waals surface area contributed by atoms with Gasteiger partial charge in [0.05, 0.1) is 13.2 Å². The summed E-state index contributed by atoms with van der Waals surface area (Å²) in [7, 11) is 1.56. The number of aliphatic hydroxyl groups excluding tert-OH is 1. The number of rotatable bonds is 6. The third-order valence-electron chi connectivity index (χ3n) is 3.58. The second kappa shape index (κ2) is 6.85. The van der Waals surface area contributed by atoms with Crippen molar-refractivity contribution in [2.45, 2.75) is 12.5 Å². The maximum Gasteiger partial charge on any atom is 0.287 e. The predicted molar refractivity (Wildman–Crippen MR) is 89.0 cm³/mol. The topological polar surface area (TPSA) is 71.7 Å². The monoisotopic (exact) mass is 331 g/mol. The molecule has 1 unspecified atom stereocenters. The highest BCUT2D eigenvalue weighted by atomic mass is 32.1. The highest BCUT2D eigenvalue weighted by molar-refractivity contribution is 7.07. The van der Waals surface area contributed by atoms with Crippen LogP contribution in [0.4, 0.5) is 0 Å². The molecular weight excluding hydrogens is 314 g/mol. The lowest BCUT2D eigenvalue weighted by atomic mass is 10.1. The van der Waals surface area contributed by atoms with Crippen molar-refractivity contribution < 1.29 is 19.1 Å². The Balaban J connectivity index is 1.62. The zero-order valence-electron chi connectivity index (χ0n) is 12.6. The van der Waals surface area contributed by atoms with E-state index < -0.39 is 6.10 Å². The van der Waals surface area contributed by atoms with Crippen LogP contribution in [0.2, 0.25) is 0 Å². The standard InChI is InChI=1S/C17H17NO4S/c1-21-14-4-2-3-11-9-15(22-16(11)14)17(20)18-7-5-13(19)12-6-8-23-10-12/h2-4,6,8-10,13,19H,5,7H2,1H3,(H,18,20). The van der Waals surface area contributed by atoms with Gasteiger partial charge < -0.3 is 19.6 Å². The summed E-state index contributed by atoms with van der Waals surface area (Å²) in [4.78, 5) is 12.2. The number of benzene rings is 1. The van der Waals surface area contributed by atoms with Crippen LogP contribution in [-0.2, 0) is 0 Å². The molecule has 1 aromatic carbocycles. The van der Waals surface area contributed by atoms with E-state index >= 15 is 0 Å². The number of thiophene rings is 1. The van der Waals surface area contributed by atoms with Crippen molar-refractivity contribution in [3.8, 4) is 5.75 Å². The Morgan fingerprint density at radius 3 is 3.04 bits per heavy atom. The Morgan fingerprint density at radius 2 is 2.30 bits per heavy atom. The van der Waals surface area contributed by atoms with Crippen molar-refractivity contribution in [1.29, 1.82) is 0 Å². The first-order chi connectivity index (χ1) is 11.2. The van der Waals surface area contributed by atoms with Gasteiger partial charge in [-0.2, -0.15) is 11.3 Å². The Labute approximate surface area is 137 Å². The molecule has 0 aliphatic heterocycles. The van der Waals surface area contributed by atoms with Gasteiger partial charge in [-0.15, -0.1) is 0 Å². The zero-order valence-corrected chi connectivity index (χ0v) is 13.4. The largest absolute Gasteiger partial charge is 0.493 e. The van der Waals surface area contributed by atoms with E-state index in [1.54, 1.807) is 19.2 Å². The van der Waals surface area contributed by atoms with E-state index in [1.165, 1.54) is 11.3 Å². The van der Waals surface area contributed by atoms with Gasteiger partial charge >= 0.3 is 0 Å². The molecule has 0 saturated heterocycles. The quantitative estimate of drug-likeness (QED) is 0.726. The van der Waals surface area contributed by atoms with E-state index in [0.717, 1.165) is 10.9 Å². The summed E-state index contributed by atoms with van der Waals surface area (Å²) in [5.74, 6) is 0.518. The number of nitrogens with one attached hydrogen (secondary N) is 1. The minimum atomic E-state index is -0.572. The Bertz CT molecular complexity index is 794. The van der Waals surface area contributed by atoms with Gasteiger partial charge in [-0.1, -0.05) is 12.1 Å². The average molecular weight is 331 g/mol. The molecule has 3 rings (SSSR count). The molecule has 6 heteroatoms. The van der Waals surface area contributed by atoms with Crippen molar-refractivity contribution in [3.63, 3.8) is 0 Å². The van der Waals surface area contributed by atoms with Crippen LogP contribution in [0.3, 0.4) is 0 Å². The molecule has 5 nitrogen and oxygen atoms in total. The number of ether oxygens (including phenoxy) is 1. The summed E-state index contributed by atoms with van der Waals surface area (Å²) in [5, 5.41) is 17.4. The van der Waals surface area contributed by atoms with Crippen LogP contribution in [0.25, 0.3) is 11.0 Å². The number of hydrogen-bond donors (Lipinski definition) is 2. The van der Waals surface area contributed by atoms with Gasteiger partial charge in [-0.25, -0.2) is 0 Å². The van der Waals surface area contributed by atoms with E-state index in [2.05, 4.69) is 5.32 Å². The van der Waals surface area contributed by atoms with Gasteiger partial charge in [0.15, 0.2) is 17.1 Å². The molecular formula is C17H17NO4S. The van der Waals surface area contributed by atoms with E-state index in [0.29, 0.717) is 24.3 Å². The smallest absolute Gasteiger partial charge is 0.287 e. The first-order valence-corrected chi connectivity index (χ1v) is 8.18. The lowest BCUT2D eigenvalue weighted by Gasteiger charge is -2.09. The van der Waals surface area contributed by atoms with Crippen LogP contribution in [0.15, 0.2) is 45.5 Å². The Kier molecular flexibility index (Phi) is 4.64. The van der Waals surface area contributed by atoms with E-state index in [-0.39, 0.29) is 11.7 Å². The number of fused-ring (bicyclic) bond motifs is 1. The molecule has 2 N–H and O–H groups in total. The van der Waals surface area contributed by atoms with Gasteiger partial charge in [0.25, 0.3) is 5.91 Å².